The highest BCUT2D eigenvalue weighted by molar-refractivity contribution is 7.47. The largest absolute Gasteiger partial charge is 0.472 e. The van der Waals surface area contributed by atoms with Crippen molar-refractivity contribution >= 4 is 39.5 Å². The lowest BCUT2D eigenvalue weighted by Gasteiger charge is -2.21. The number of unbranched alkanes of at least 4 members (excludes halogenated alkanes) is 42. The minimum absolute atomic E-state index is 0.102. The van der Waals surface area contributed by atoms with Crippen molar-refractivity contribution in [2.45, 2.75) is 380 Å². The Morgan fingerprint density at radius 2 is 0.517 bits per heavy atom. The van der Waals surface area contributed by atoms with Crippen LogP contribution in [0, 0.1) is 5.92 Å². The number of aliphatic hydroxyl groups excluding tert-OH is 1. The number of rotatable bonds is 70. The number of hydrogen-bond donors (Lipinski definition) is 3. The minimum Gasteiger partial charge on any atom is -0.462 e. The highest BCUT2D eigenvalue weighted by Crippen LogP contribution is 2.45. The number of phosphoric acid groups is 2. The normalized spacial score (nSPS) is 14.1. The Kier molecular flexibility index (Phi) is 62.1. The van der Waals surface area contributed by atoms with E-state index in [1.54, 1.807) is 0 Å². The first-order valence-electron chi connectivity index (χ1n) is 36.6. The average Bonchev–Trinajstić information content (AvgIpc) is 3.63. The number of hydrogen-bond acceptors (Lipinski definition) is 15. The van der Waals surface area contributed by atoms with Crippen LogP contribution in [0.1, 0.15) is 362 Å². The third kappa shape index (κ3) is 64.6. The van der Waals surface area contributed by atoms with Gasteiger partial charge in [0, 0.05) is 25.7 Å². The van der Waals surface area contributed by atoms with Crippen molar-refractivity contribution < 1.29 is 80.2 Å². The summed E-state index contributed by atoms with van der Waals surface area (Å²) in [5.74, 6) is -1.47. The molecule has 0 radical (unpaired) electrons. The molecule has 2 unspecified atom stereocenters. The molecule has 0 heterocycles. The van der Waals surface area contributed by atoms with Crippen molar-refractivity contribution in [1.29, 1.82) is 0 Å². The van der Waals surface area contributed by atoms with E-state index in [1.165, 1.54) is 180 Å². The molecule has 5 atom stereocenters. The second-order valence-electron chi connectivity index (χ2n) is 25.7. The van der Waals surface area contributed by atoms with Crippen molar-refractivity contribution in [3.8, 4) is 0 Å². The van der Waals surface area contributed by atoms with Crippen molar-refractivity contribution in [3.05, 3.63) is 0 Å². The molecule has 528 valence electrons. The van der Waals surface area contributed by atoms with Gasteiger partial charge < -0.3 is 33.8 Å². The van der Waals surface area contributed by atoms with E-state index < -0.39 is 97.5 Å². The molecule has 0 amide bonds. The number of aliphatic hydroxyl groups is 1. The van der Waals surface area contributed by atoms with E-state index in [9.17, 15) is 43.2 Å². The van der Waals surface area contributed by atoms with Crippen molar-refractivity contribution in [1.82, 2.24) is 0 Å². The van der Waals surface area contributed by atoms with Gasteiger partial charge in [-0.1, -0.05) is 311 Å². The molecule has 0 aromatic rings. The van der Waals surface area contributed by atoms with Crippen LogP contribution >= 0.6 is 15.6 Å². The first kappa shape index (κ1) is 87.1. The SMILES string of the molecule is CCCCCCCCCCCCCCCCCCCCCC(=O)O[C@H](COC(=O)CCCCCCCCCCCCCCCCCC)COP(=O)(O)OC[C@@H](O)COP(=O)(O)OC[C@@H](COC(=O)CCCCCCC)OC(=O)CCCCCCCCC(C)C. The fourth-order valence-electron chi connectivity index (χ4n) is 10.6. The van der Waals surface area contributed by atoms with Crippen LogP contribution in [-0.4, -0.2) is 96.7 Å². The van der Waals surface area contributed by atoms with Crippen LogP contribution in [0.15, 0.2) is 0 Å². The second kappa shape index (κ2) is 63.5. The monoisotopic (exact) mass is 1310 g/mol. The summed E-state index contributed by atoms with van der Waals surface area (Å²) in [4.78, 5) is 72.2. The highest BCUT2D eigenvalue weighted by atomic mass is 31.2. The molecule has 19 heteroatoms. The number of phosphoric ester groups is 2. The van der Waals surface area contributed by atoms with Crippen LogP contribution in [0.25, 0.3) is 0 Å². The van der Waals surface area contributed by atoms with E-state index in [-0.39, 0.29) is 25.7 Å². The van der Waals surface area contributed by atoms with E-state index in [0.29, 0.717) is 31.6 Å². The smallest absolute Gasteiger partial charge is 0.462 e. The number of carbonyl (C=O) groups is 4. The predicted octanol–water partition coefficient (Wildman–Crippen LogP) is 20.1. The lowest BCUT2D eigenvalue weighted by Crippen LogP contribution is -2.30. The first-order chi connectivity index (χ1) is 43.0. The fraction of sp³-hybridized carbons (Fsp3) is 0.943. The van der Waals surface area contributed by atoms with Crippen LogP contribution in [0.3, 0.4) is 0 Å². The Balaban J connectivity index is 5.13. The number of carbonyl (C=O) groups excluding carboxylic acids is 4. The molecule has 0 bridgehead atoms. The van der Waals surface area contributed by atoms with Crippen LogP contribution in [0.4, 0.5) is 0 Å². The minimum atomic E-state index is -4.95. The maximum atomic E-state index is 13.0. The van der Waals surface area contributed by atoms with Gasteiger partial charge in [-0.2, -0.15) is 0 Å². The quantitative estimate of drug-likeness (QED) is 0.0222. The predicted molar refractivity (Wildman–Crippen MR) is 358 cm³/mol. The second-order valence-corrected chi connectivity index (χ2v) is 28.7. The van der Waals surface area contributed by atoms with Gasteiger partial charge in [0.15, 0.2) is 12.2 Å². The third-order valence-electron chi connectivity index (χ3n) is 16.3. The summed E-state index contributed by atoms with van der Waals surface area (Å²) in [5, 5.41) is 10.5. The molecule has 0 rings (SSSR count). The highest BCUT2D eigenvalue weighted by Gasteiger charge is 2.30. The molecule has 0 aliphatic carbocycles. The molecule has 0 aromatic carbocycles. The molecule has 89 heavy (non-hydrogen) atoms. The summed E-state index contributed by atoms with van der Waals surface area (Å²) >= 11 is 0. The summed E-state index contributed by atoms with van der Waals surface area (Å²) < 4.78 is 68.0. The van der Waals surface area contributed by atoms with Crippen molar-refractivity contribution in [3.63, 3.8) is 0 Å². The number of ether oxygens (including phenoxy) is 4. The lowest BCUT2D eigenvalue weighted by molar-refractivity contribution is -0.161. The average molecular weight is 1310 g/mol. The lowest BCUT2D eigenvalue weighted by atomic mass is 10.0. The molecule has 0 spiro atoms. The zero-order valence-electron chi connectivity index (χ0n) is 57.6. The molecule has 3 N–H and O–H groups in total. The number of esters is 4. The van der Waals surface area contributed by atoms with Gasteiger partial charge in [0.05, 0.1) is 26.4 Å². The van der Waals surface area contributed by atoms with Gasteiger partial charge >= 0.3 is 39.5 Å². The zero-order chi connectivity index (χ0) is 65.6. The summed E-state index contributed by atoms with van der Waals surface area (Å²) in [6.07, 6.45) is 50.7. The maximum Gasteiger partial charge on any atom is 0.472 e. The summed E-state index contributed by atoms with van der Waals surface area (Å²) in [6, 6.07) is 0. The summed E-state index contributed by atoms with van der Waals surface area (Å²) in [6.45, 7) is 7.06. The Hall–Kier alpha value is -1.94. The van der Waals surface area contributed by atoms with Gasteiger partial charge in [0.25, 0.3) is 0 Å². The van der Waals surface area contributed by atoms with Crippen molar-refractivity contribution in [2.75, 3.05) is 39.6 Å². The van der Waals surface area contributed by atoms with E-state index in [4.69, 9.17) is 37.0 Å². The molecular weight excluding hydrogens is 1170 g/mol. The first-order valence-corrected chi connectivity index (χ1v) is 39.6. The van der Waals surface area contributed by atoms with E-state index >= 15 is 0 Å². The van der Waals surface area contributed by atoms with Crippen molar-refractivity contribution in [2.24, 2.45) is 5.92 Å². The molecular formula is C70H136O17P2. The Morgan fingerprint density at radius 1 is 0.303 bits per heavy atom. The topological polar surface area (TPSA) is 237 Å². The third-order valence-corrected chi connectivity index (χ3v) is 18.2. The fourth-order valence-corrected chi connectivity index (χ4v) is 12.2. The Labute approximate surface area is 543 Å². The molecule has 17 nitrogen and oxygen atoms in total. The summed E-state index contributed by atoms with van der Waals surface area (Å²) in [5.41, 5.74) is 0. The van der Waals surface area contributed by atoms with Gasteiger partial charge in [0.2, 0.25) is 0 Å². The van der Waals surface area contributed by atoms with Crippen LogP contribution in [0.2, 0.25) is 0 Å². The molecule has 0 aromatic heterocycles. The van der Waals surface area contributed by atoms with E-state index in [2.05, 4.69) is 34.6 Å². The molecule has 0 saturated heterocycles. The molecule has 0 aliphatic rings. The van der Waals surface area contributed by atoms with Gasteiger partial charge in [-0.05, 0) is 31.6 Å². The standard InChI is InChI=1S/C70H136O17P2/c1-6-9-12-15-17-19-21-23-25-27-28-29-31-33-35-37-39-45-50-55-69(74)86-66(60-81-68(73)54-49-44-38-36-34-32-30-26-24-22-20-18-16-13-10-7-2)62-85-89(78,79)83-58-64(71)57-82-88(76,77)84-61-65(59-80-67(72)53-48-42-14-11-8-3)87-70(75)56-51-46-41-40-43-47-52-63(4)5/h63-66,71H,6-62H2,1-5H3,(H,76,77)(H,78,79)/t64-,65+,66+/m0/s1. The van der Waals surface area contributed by atoms with Gasteiger partial charge in [-0.25, -0.2) is 9.13 Å². The van der Waals surface area contributed by atoms with Crippen LogP contribution in [-0.2, 0) is 65.4 Å². The Bertz CT molecular complexity index is 1720. The molecule has 0 saturated carbocycles. The Morgan fingerprint density at radius 3 is 0.764 bits per heavy atom. The molecule has 0 aliphatic heterocycles. The summed E-state index contributed by atoms with van der Waals surface area (Å²) in [7, 11) is -9.89. The van der Waals surface area contributed by atoms with Crippen LogP contribution < -0.4 is 0 Å². The zero-order valence-corrected chi connectivity index (χ0v) is 59.4. The van der Waals surface area contributed by atoms with Gasteiger partial charge in [-0.15, -0.1) is 0 Å². The maximum absolute atomic E-state index is 13.0. The van der Waals surface area contributed by atoms with Crippen LogP contribution in [0.5, 0.6) is 0 Å². The van der Waals surface area contributed by atoms with E-state index in [1.807, 2.05) is 0 Å². The van der Waals surface area contributed by atoms with E-state index in [0.717, 1.165) is 96.3 Å². The molecule has 0 fully saturated rings. The van der Waals surface area contributed by atoms with Gasteiger partial charge in [0.1, 0.15) is 19.3 Å². The van der Waals surface area contributed by atoms with Gasteiger partial charge in [-0.3, -0.25) is 37.3 Å².